The molecule has 0 amide bonds. The molecule has 1 aromatic rings. The molecule has 0 atom stereocenters. The van der Waals surface area contributed by atoms with Gasteiger partial charge in [-0.05, 0) is 40.6 Å². The van der Waals surface area contributed by atoms with E-state index >= 15 is 0 Å². The third-order valence-corrected chi connectivity index (χ3v) is 3.13. The van der Waals surface area contributed by atoms with E-state index in [1.165, 1.54) is 13.2 Å². The molecule has 0 saturated heterocycles. The Labute approximate surface area is 123 Å². The van der Waals surface area contributed by atoms with Gasteiger partial charge in [-0.3, -0.25) is 0 Å². The molecule has 0 saturated carbocycles. The number of hydrogen-bond acceptors (Lipinski definition) is 3. The van der Waals surface area contributed by atoms with Crippen LogP contribution in [0.15, 0.2) is 27.2 Å². The first-order valence-electron chi connectivity index (χ1n) is 5.46. The molecule has 0 aliphatic heterocycles. The normalized spacial score (nSPS) is 10.7. The highest BCUT2D eigenvalue weighted by Crippen LogP contribution is 2.33. The highest BCUT2D eigenvalue weighted by molar-refractivity contribution is 9.11. The van der Waals surface area contributed by atoms with E-state index in [0.717, 1.165) is 26.7 Å². The molecule has 3 nitrogen and oxygen atoms in total. The van der Waals surface area contributed by atoms with Crippen molar-refractivity contribution >= 4 is 43.9 Å². The Morgan fingerprint density at radius 2 is 2.11 bits per heavy atom. The molecule has 0 radical (unpaired) electrons. The van der Waals surface area contributed by atoms with E-state index in [0.29, 0.717) is 6.61 Å². The molecule has 0 fully saturated rings. The van der Waals surface area contributed by atoms with Crippen molar-refractivity contribution in [1.82, 2.24) is 0 Å². The van der Waals surface area contributed by atoms with Gasteiger partial charge in [-0.2, -0.15) is 0 Å². The lowest BCUT2D eigenvalue weighted by Crippen LogP contribution is -1.99. The first-order chi connectivity index (χ1) is 8.58. The van der Waals surface area contributed by atoms with E-state index in [2.05, 4.69) is 36.6 Å². The molecular weight excluding hydrogens is 364 g/mol. The summed E-state index contributed by atoms with van der Waals surface area (Å²) in [5.74, 6) is 0.327. The first kappa shape index (κ1) is 15.2. The predicted octanol–water partition coefficient (Wildman–Crippen LogP) is 4.19. The Kier molecular flexibility index (Phi) is 6.43. The first-order valence-corrected chi connectivity index (χ1v) is 7.05. The van der Waals surface area contributed by atoms with Crippen LogP contribution in [0.3, 0.4) is 0 Å². The second-order valence-corrected chi connectivity index (χ2v) is 5.28. The van der Waals surface area contributed by atoms with Gasteiger partial charge in [0.15, 0.2) is 0 Å². The maximum absolute atomic E-state index is 11.1. The molecule has 1 aromatic carbocycles. The van der Waals surface area contributed by atoms with Crippen LogP contribution in [0.4, 0.5) is 0 Å². The zero-order valence-corrected chi connectivity index (χ0v) is 13.4. The van der Waals surface area contributed by atoms with Crippen molar-refractivity contribution in [2.24, 2.45) is 0 Å². The van der Waals surface area contributed by atoms with Crippen LogP contribution in [0, 0.1) is 0 Å². The van der Waals surface area contributed by atoms with E-state index in [4.69, 9.17) is 4.74 Å². The largest absolute Gasteiger partial charge is 0.492 e. The van der Waals surface area contributed by atoms with E-state index in [1.807, 2.05) is 19.1 Å². The number of halogens is 2. The average molecular weight is 378 g/mol. The number of methoxy groups -OCH3 is 1. The molecule has 0 heterocycles. The van der Waals surface area contributed by atoms with Gasteiger partial charge in [0.05, 0.1) is 18.2 Å². The molecule has 0 N–H and O–H groups in total. The van der Waals surface area contributed by atoms with Gasteiger partial charge in [-0.15, -0.1) is 0 Å². The lowest BCUT2D eigenvalue weighted by molar-refractivity contribution is -0.134. The maximum atomic E-state index is 11.1. The highest BCUT2D eigenvalue weighted by atomic mass is 79.9. The molecule has 0 spiro atoms. The molecule has 0 unspecified atom stereocenters. The number of rotatable bonds is 5. The number of carbonyl (C=O) groups excluding carboxylic acids is 1. The van der Waals surface area contributed by atoms with Crippen LogP contribution in [0.1, 0.15) is 18.9 Å². The minimum atomic E-state index is -0.396. The Hall–Kier alpha value is -0.810. The molecule has 0 aliphatic rings. The minimum Gasteiger partial charge on any atom is -0.492 e. The minimum absolute atomic E-state index is 0.396. The SMILES string of the molecule is CCCOc1c(Br)cc(Br)cc1/C=C/C(=O)OC. The summed E-state index contributed by atoms with van der Waals surface area (Å²) in [7, 11) is 1.35. The van der Waals surface area contributed by atoms with Crippen molar-refractivity contribution < 1.29 is 14.3 Å². The van der Waals surface area contributed by atoms with Crippen LogP contribution < -0.4 is 4.74 Å². The van der Waals surface area contributed by atoms with Crippen molar-refractivity contribution in [2.45, 2.75) is 13.3 Å². The van der Waals surface area contributed by atoms with Gasteiger partial charge in [0, 0.05) is 16.1 Å². The number of ether oxygens (including phenoxy) is 2. The van der Waals surface area contributed by atoms with Crippen molar-refractivity contribution in [2.75, 3.05) is 13.7 Å². The zero-order valence-electron chi connectivity index (χ0n) is 10.2. The number of esters is 1. The standard InChI is InChI=1S/C13H14Br2O3/c1-3-6-18-13-9(4-5-12(16)17-2)7-10(14)8-11(13)15/h4-5,7-8H,3,6H2,1-2H3/b5-4+. The van der Waals surface area contributed by atoms with Crippen molar-refractivity contribution in [3.8, 4) is 5.75 Å². The van der Waals surface area contributed by atoms with Crippen LogP contribution >= 0.6 is 31.9 Å². The van der Waals surface area contributed by atoms with Gasteiger partial charge < -0.3 is 9.47 Å². The van der Waals surface area contributed by atoms with Gasteiger partial charge in [0.2, 0.25) is 0 Å². The van der Waals surface area contributed by atoms with E-state index in [-0.39, 0.29) is 0 Å². The molecule has 0 bridgehead atoms. The van der Waals surface area contributed by atoms with Crippen molar-refractivity contribution in [1.29, 1.82) is 0 Å². The molecule has 0 aliphatic carbocycles. The Balaban J connectivity index is 3.06. The monoisotopic (exact) mass is 376 g/mol. The Morgan fingerprint density at radius 3 is 2.72 bits per heavy atom. The van der Waals surface area contributed by atoms with Crippen LogP contribution in [0.5, 0.6) is 5.75 Å². The van der Waals surface area contributed by atoms with Gasteiger partial charge >= 0.3 is 5.97 Å². The Bertz CT molecular complexity index is 456. The Morgan fingerprint density at radius 1 is 1.39 bits per heavy atom. The van der Waals surface area contributed by atoms with Gasteiger partial charge in [-0.25, -0.2) is 4.79 Å². The smallest absolute Gasteiger partial charge is 0.330 e. The second-order valence-electron chi connectivity index (χ2n) is 3.51. The molecule has 98 valence electrons. The fourth-order valence-corrected chi connectivity index (χ4v) is 2.66. The number of hydrogen-bond donors (Lipinski definition) is 0. The molecule has 0 aromatic heterocycles. The third-order valence-electron chi connectivity index (χ3n) is 2.09. The fraction of sp³-hybridized carbons (Fsp3) is 0.308. The van der Waals surface area contributed by atoms with Crippen LogP contribution in [0.25, 0.3) is 6.08 Å². The van der Waals surface area contributed by atoms with E-state index in [1.54, 1.807) is 6.08 Å². The topological polar surface area (TPSA) is 35.5 Å². The number of benzene rings is 1. The van der Waals surface area contributed by atoms with Crippen molar-refractivity contribution in [3.63, 3.8) is 0 Å². The third kappa shape index (κ3) is 4.46. The van der Waals surface area contributed by atoms with Crippen molar-refractivity contribution in [3.05, 3.63) is 32.7 Å². The van der Waals surface area contributed by atoms with E-state index in [9.17, 15) is 4.79 Å². The summed E-state index contributed by atoms with van der Waals surface area (Å²) in [6.45, 7) is 2.66. The lowest BCUT2D eigenvalue weighted by atomic mass is 10.2. The summed E-state index contributed by atoms with van der Waals surface area (Å²) >= 11 is 6.85. The van der Waals surface area contributed by atoms with Crippen LogP contribution in [-0.4, -0.2) is 19.7 Å². The average Bonchev–Trinajstić information content (AvgIpc) is 2.34. The predicted molar refractivity (Wildman–Crippen MR) is 78.7 cm³/mol. The summed E-state index contributed by atoms with van der Waals surface area (Å²) in [6.07, 6.45) is 3.96. The molecule has 1 rings (SSSR count). The van der Waals surface area contributed by atoms with Gasteiger partial charge in [-0.1, -0.05) is 22.9 Å². The molecular formula is C13H14Br2O3. The maximum Gasteiger partial charge on any atom is 0.330 e. The summed E-state index contributed by atoms with van der Waals surface area (Å²) in [6, 6.07) is 3.79. The lowest BCUT2D eigenvalue weighted by Gasteiger charge is -2.11. The van der Waals surface area contributed by atoms with E-state index < -0.39 is 5.97 Å². The van der Waals surface area contributed by atoms with Gasteiger partial charge in [0.25, 0.3) is 0 Å². The van der Waals surface area contributed by atoms with Gasteiger partial charge in [0.1, 0.15) is 5.75 Å². The highest BCUT2D eigenvalue weighted by Gasteiger charge is 2.08. The fourth-order valence-electron chi connectivity index (χ4n) is 1.29. The number of carbonyl (C=O) groups is 1. The zero-order chi connectivity index (χ0) is 13.5. The second kappa shape index (κ2) is 7.59. The molecule has 5 heteroatoms. The summed E-state index contributed by atoms with van der Waals surface area (Å²) < 4.78 is 12.0. The summed E-state index contributed by atoms with van der Waals surface area (Å²) in [4.78, 5) is 11.1. The van der Waals surface area contributed by atoms with Crippen LogP contribution in [0.2, 0.25) is 0 Å². The summed E-state index contributed by atoms with van der Waals surface area (Å²) in [5.41, 5.74) is 0.815. The quantitative estimate of drug-likeness (QED) is 0.570. The molecule has 18 heavy (non-hydrogen) atoms. The van der Waals surface area contributed by atoms with Crippen LogP contribution in [-0.2, 0) is 9.53 Å². The summed E-state index contributed by atoms with van der Waals surface area (Å²) in [5, 5.41) is 0.